The summed E-state index contributed by atoms with van der Waals surface area (Å²) in [4.78, 5) is 5.01. The third-order valence-corrected chi connectivity index (χ3v) is 3.62. The van der Waals surface area contributed by atoms with Crippen LogP contribution in [0.4, 0.5) is 0 Å². The van der Waals surface area contributed by atoms with Gasteiger partial charge < -0.3 is 5.11 Å². The molecule has 0 saturated heterocycles. The molecule has 0 aromatic carbocycles. The fourth-order valence-electron chi connectivity index (χ4n) is 1.06. The Hall–Kier alpha value is -0.450. The van der Waals surface area contributed by atoms with Crippen molar-refractivity contribution in [2.24, 2.45) is 0 Å². The molecule has 0 fully saturated rings. The first-order chi connectivity index (χ1) is 5.81. The maximum absolute atomic E-state index is 8.90. The fraction of sp³-hybridized carbons (Fsp3) is 0.125. The van der Waals surface area contributed by atoms with E-state index < -0.39 is 0 Å². The largest absolute Gasteiger partial charge is 0.391 e. The molecule has 0 aliphatic rings. The molecular weight excluding hydrogens is 238 g/mol. The van der Waals surface area contributed by atoms with Gasteiger partial charge in [0.05, 0.1) is 15.8 Å². The highest BCUT2D eigenvalue weighted by molar-refractivity contribution is 9.10. The monoisotopic (exact) mass is 243 g/mol. The highest BCUT2D eigenvalue weighted by Crippen LogP contribution is 2.30. The Balaban J connectivity index is 2.74. The number of rotatable bonds is 1. The van der Waals surface area contributed by atoms with Crippen molar-refractivity contribution >= 4 is 37.4 Å². The Bertz CT molecular complexity index is 412. The van der Waals surface area contributed by atoms with Gasteiger partial charge in [-0.1, -0.05) is 0 Å². The lowest BCUT2D eigenvalue weighted by Gasteiger charge is -1.89. The zero-order valence-corrected chi connectivity index (χ0v) is 8.52. The lowest BCUT2D eigenvalue weighted by molar-refractivity contribution is 0.285. The predicted octanol–water partition coefficient (Wildman–Crippen LogP) is 2.55. The highest BCUT2D eigenvalue weighted by atomic mass is 79.9. The topological polar surface area (TPSA) is 33.1 Å². The van der Waals surface area contributed by atoms with Crippen LogP contribution in [-0.2, 0) is 6.61 Å². The molecule has 2 nitrogen and oxygen atoms in total. The van der Waals surface area contributed by atoms with E-state index in [4.69, 9.17) is 5.11 Å². The second kappa shape index (κ2) is 3.12. The van der Waals surface area contributed by atoms with Gasteiger partial charge in [-0.25, -0.2) is 0 Å². The SMILES string of the molecule is OCc1cc2cncc(Br)c2s1. The molecule has 2 heterocycles. The summed E-state index contributed by atoms with van der Waals surface area (Å²) in [7, 11) is 0. The standard InChI is InChI=1S/C8H6BrNOS/c9-7-3-10-2-5-1-6(4-11)12-8(5)7/h1-3,11H,4H2. The lowest BCUT2D eigenvalue weighted by Crippen LogP contribution is -1.70. The molecule has 1 N–H and O–H groups in total. The Morgan fingerprint density at radius 3 is 3.00 bits per heavy atom. The minimum Gasteiger partial charge on any atom is -0.391 e. The molecule has 0 radical (unpaired) electrons. The number of nitrogens with zero attached hydrogens (tertiary/aromatic N) is 1. The summed E-state index contributed by atoms with van der Waals surface area (Å²) in [5, 5.41) is 9.99. The van der Waals surface area contributed by atoms with Crippen LogP contribution in [-0.4, -0.2) is 10.1 Å². The summed E-state index contributed by atoms with van der Waals surface area (Å²) in [5.41, 5.74) is 0. The van der Waals surface area contributed by atoms with Crippen LogP contribution in [0.25, 0.3) is 10.1 Å². The van der Waals surface area contributed by atoms with Crippen LogP contribution in [0.2, 0.25) is 0 Å². The van der Waals surface area contributed by atoms with Crippen LogP contribution >= 0.6 is 27.3 Å². The van der Waals surface area contributed by atoms with E-state index in [1.165, 1.54) is 0 Å². The number of hydrogen-bond acceptors (Lipinski definition) is 3. The zero-order valence-electron chi connectivity index (χ0n) is 6.12. The van der Waals surface area contributed by atoms with Gasteiger partial charge in [-0.05, 0) is 22.0 Å². The van der Waals surface area contributed by atoms with Crippen LogP contribution in [0.3, 0.4) is 0 Å². The van der Waals surface area contributed by atoms with Crippen molar-refractivity contribution in [3.05, 3.63) is 27.8 Å². The summed E-state index contributed by atoms with van der Waals surface area (Å²) in [5.74, 6) is 0. The van der Waals surface area contributed by atoms with Gasteiger partial charge >= 0.3 is 0 Å². The number of hydrogen-bond donors (Lipinski definition) is 1. The van der Waals surface area contributed by atoms with Gasteiger partial charge in [0, 0.05) is 22.7 Å². The normalized spacial score (nSPS) is 10.8. The van der Waals surface area contributed by atoms with Crippen molar-refractivity contribution in [3.8, 4) is 0 Å². The van der Waals surface area contributed by atoms with Gasteiger partial charge in [-0.15, -0.1) is 11.3 Å². The molecule has 2 aromatic rings. The van der Waals surface area contributed by atoms with E-state index in [0.717, 1.165) is 19.4 Å². The first kappa shape index (κ1) is 8.16. The molecule has 2 rings (SSSR count). The molecule has 0 aliphatic carbocycles. The average Bonchev–Trinajstić information content (AvgIpc) is 2.49. The second-order valence-corrected chi connectivity index (χ2v) is 4.40. The van der Waals surface area contributed by atoms with E-state index in [0.29, 0.717) is 0 Å². The molecule has 0 bridgehead atoms. The first-order valence-electron chi connectivity index (χ1n) is 3.44. The van der Waals surface area contributed by atoms with Crippen molar-refractivity contribution in [2.45, 2.75) is 6.61 Å². The third kappa shape index (κ3) is 1.26. The highest BCUT2D eigenvalue weighted by Gasteiger charge is 2.03. The van der Waals surface area contributed by atoms with Gasteiger partial charge in [-0.3, -0.25) is 4.98 Å². The first-order valence-corrected chi connectivity index (χ1v) is 5.05. The van der Waals surface area contributed by atoms with Crippen LogP contribution in [0.5, 0.6) is 0 Å². The molecule has 0 saturated carbocycles. The summed E-state index contributed by atoms with van der Waals surface area (Å²) in [6, 6.07) is 1.96. The average molecular weight is 244 g/mol. The predicted molar refractivity (Wildman–Crippen MR) is 53.2 cm³/mol. The van der Waals surface area contributed by atoms with Crippen LogP contribution in [0, 0.1) is 0 Å². The number of aliphatic hydroxyl groups excluding tert-OH is 1. The number of halogens is 1. The summed E-state index contributed by atoms with van der Waals surface area (Å²) >= 11 is 4.99. The number of aliphatic hydroxyl groups is 1. The Morgan fingerprint density at radius 1 is 1.50 bits per heavy atom. The molecule has 0 aliphatic heterocycles. The van der Waals surface area contributed by atoms with Gasteiger partial charge in [0.15, 0.2) is 0 Å². The Morgan fingerprint density at radius 2 is 2.33 bits per heavy atom. The third-order valence-electron chi connectivity index (χ3n) is 1.59. The van der Waals surface area contributed by atoms with Crippen LogP contribution < -0.4 is 0 Å². The van der Waals surface area contributed by atoms with Crippen molar-refractivity contribution in [1.82, 2.24) is 4.98 Å². The molecule has 12 heavy (non-hydrogen) atoms. The van der Waals surface area contributed by atoms with Gasteiger partial charge in [-0.2, -0.15) is 0 Å². The molecule has 62 valence electrons. The van der Waals surface area contributed by atoms with E-state index in [1.807, 2.05) is 6.07 Å². The second-order valence-electron chi connectivity index (χ2n) is 2.41. The quantitative estimate of drug-likeness (QED) is 0.836. The van der Waals surface area contributed by atoms with Crippen molar-refractivity contribution in [3.63, 3.8) is 0 Å². The maximum Gasteiger partial charge on any atom is 0.0774 e. The van der Waals surface area contributed by atoms with Crippen LogP contribution in [0.15, 0.2) is 22.9 Å². The smallest absolute Gasteiger partial charge is 0.0774 e. The van der Waals surface area contributed by atoms with Gasteiger partial charge in [0.1, 0.15) is 0 Å². The number of pyridine rings is 1. The molecule has 4 heteroatoms. The van der Waals surface area contributed by atoms with E-state index >= 15 is 0 Å². The summed E-state index contributed by atoms with van der Waals surface area (Å²) < 4.78 is 2.14. The van der Waals surface area contributed by atoms with Gasteiger partial charge in [0.25, 0.3) is 0 Å². The Labute approximate surface area is 82.0 Å². The molecule has 0 atom stereocenters. The van der Waals surface area contributed by atoms with Crippen molar-refractivity contribution in [1.29, 1.82) is 0 Å². The number of fused-ring (bicyclic) bond motifs is 1. The Kier molecular flexibility index (Phi) is 2.12. The summed E-state index contributed by atoms with van der Waals surface area (Å²) in [6.45, 7) is 0.103. The van der Waals surface area contributed by atoms with E-state index in [9.17, 15) is 0 Å². The van der Waals surface area contributed by atoms with E-state index in [2.05, 4.69) is 20.9 Å². The minimum atomic E-state index is 0.103. The summed E-state index contributed by atoms with van der Waals surface area (Å²) in [6.07, 6.45) is 3.57. The van der Waals surface area contributed by atoms with Crippen LogP contribution in [0.1, 0.15) is 4.88 Å². The lowest BCUT2D eigenvalue weighted by atomic mass is 10.3. The molecular formula is C8H6BrNOS. The molecule has 0 unspecified atom stereocenters. The van der Waals surface area contributed by atoms with Crippen molar-refractivity contribution < 1.29 is 5.11 Å². The molecule has 2 aromatic heterocycles. The fourth-order valence-corrected chi connectivity index (χ4v) is 2.54. The van der Waals surface area contributed by atoms with Gasteiger partial charge in [0.2, 0.25) is 0 Å². The van der Waals surface area contributed by atoms with Crippen molar-refractivity contribution in [2.75, 3.05) is 0 Å². The number of thiophene rings is 1. The zero-order chi connectivity index (χ0) is 8.55. The molecule has 0 spiro atoms. The maximum atomic E-state index is 8.90. The minimum absolute atomic E-state index is 0.103. The van der Waals surface area contributed by atoms with E-state index in [-0.39, 0.29) is 6.61 Å². The number of aromatic nitrogens is 1. The molecule has 0 amide bonds. The van der Waals surface area contributed by atoms with E-state index in [1.54, 1.807) is 23.7 Å².